The molecule has 0 spiro atoms. The molecule has 1 aromatic heterocycles. The molecular weight excluding hydrogens is 364 g/mol. The molecule has 120 valence electrons. The molecule has 7 heteroatoms. The summed E-state index contributed by atoms with van der Waals surface area (Å²) in [6, 6.07) is 8.46. The molecule has 2 aromatic rings. The van der Waals surface area contributed by atoms with E-state index in [9.17, 15) is 14.4 Å². The molecule has 0 saturated heterocycles. The highest BCUT2D eigenvalue weighted by molar-refractivity contribution is 9.10. The fraction of sp³-hybridized carbons (Fsp3) is 0.188. The zero-order valence-corrected chi connectivity index (χ0v) is 14.1. The number of carbonyl (C=O) groups is 3. The number of rotatable bonds is 5. The minimum absolute atomic E-state index is 0.123. The number of H-pyrrole nitrogens is 1. The van der Waals surface area contributed by atoms with Crippen molar-refractivity contribution in [2.24, 2.45) is 0 Å². The Morgan fingerprint density at radius 2 is 2.00 bits per heavy atom. The summed E-state index contributed by atoms with van der Waals surface area (Å²) >= 11 is 3.31. The predicted octanol–water partition coefficient (Wildman–Crippen LogP) is 3.16. The zero-order valence-electron chi connectivity index (χ0n) is 12.6. The maximum Gasteiger partial charge on any atom is 0.355 e. The number of ketones is 1. The van der Waals surface area contributed by atoms with E-state index in [1.807, 2.05) is 6.07 Å². The number of carbonyl (C=O) groups excluding carboxylic acids is 3. The van der Waals surface area contributed by atoms with Crippen molar-refractivity contribution >= 4 is 39.3 Å². The van der Waals surface area contributed by atoms with Gasteiger partial charge in [0.1, 0.15) is 5.69 Å². The van der Waals surface area contributed by atoms with Crippen LogP contribution in [0.1, 0.15) is 34.7 Å². The Bertz CT molecular complexity index is 754. The lowest BCUT2D eigenvalue weighted by Gasteiger charge is -2.13. The van der Waals surface area contributed by atoms with E-state index in [1.165, 1.54) is 26.1 Å². The third-order valence-corrected chi connectivity index (χ3v) is 3.55. The number of ether oxygens (including phenoxy) is 1. The molecule has 1 amide bonds. The highest BCUT2D eigenvalue weighted by atomic mass is 79.9. The van der Waals surface area contributed by atoms with Crippen LogP contribution in [0.4, 0.5) is 5.69 Å². The van der Waals surface area contributed by atoms with E-state index in [-0.39, 0.29) is 11.5 Å². The van der Waals surface area contributed by atoms with Crippen LogP contribution in [0.15, 0.2) is 41.0 Å². The number of halogens is 1. The van der Waals surface area contributed by atoms with Crippen LogP contribution in [-0.4, -0.2) is 28.7 Å². The van der Waals surface area contributed by atoms with E-state index in [2.05, 4.69) is 26.2 Å². The standard InChI is InChI=1S/C16H15BrN2O4/c1-9(20)11-6-14(18-8-11)16(22)23-10(2)15(21)19-13-5-3-4-12(17)7-13/h3-8,10,18H,1-2H3,(H,19,21)/t10-/m1/s1. The fourth-order valence-electron chi connectivity index (χ4n) is 1.80. The average molecular weight is 379 g/mol. The van der Waals surface area contributed by atoms with E-state index in [0.717, 1.165) is 4.47 Å². The van der Waals surface area contributed by atoms with Gasteiger partial charge in [-0.2, -0.15) is 0 Å². The molecular formula is C16H15BrN2O4. The molecule has 0 aliphatic heterocycles. The highest BCUT2D eigenvalue weighted by Crippen LogP contribution is 2.16. The normalized spacial score (nSPS) is 11.6. The van der Waals surface area contributed by atoms with Crippen molar-refractivity contribution in [2.75, 3.05) is 5.32 Å². The van der Waals surface area contributed by atoms with Gasteiger partial charge in [0.25, 0.3) is 5.91 Å². The van der Waals surface area contributed by atoms with Gasteiger partial charge >= 0.3 is 5.97 Å². The number of amides is 1. The summed E-state index contributed by atoms with van der Waals surface area (Å²) in [7, 11) is 0. The smallest absolute Gasteiger partial charge is 0.355 e. The van der Waals surface area contributed by atoms with E-state index in [4.69, 9.17) is 4.74 Å². The molecule has 1 heterocycles. The van der Waals surface area contributed by atoms with Gasteiger partial charge in [-0.15, -0.1) is 0 Å². The molecule has 0 unspecified atom stereocenters. The molecule has 0 radical (unpaired) electrons. The average Bonchev–Trinajstić information content (AvgIpc) is 2.97. The summed E-state index contributed by atoms with van der Waals surface area (Å²) in [5.74, 6) is -1.31. The fourth-order valence-corrected chi connectivity index (χ4v) is 2.20. The third-order valence-electron chi connectivity index (χ3n) is 3.05. The summed E-state index contributed by atoms with van der Waals surface area (Å²) in [5, 5.41) is 2.65. The van der Waals surface area contributed by atoms with Crippen molar-refractivity contribution in [2.45, 2.75) is 20.0 Å². The van der Waals surface area contributed by atoms with Gasteiger partial charge in [0, 0.05) is 21.9 Å². The van der Waals surface area contributed by atoms with Gasteiger partial charge in [-0.3, -0.25) is 9.59 Å². The van der Waals surface area contributed by atoms with Crippen molar-refractivity contribution in [3.05, 3.63) is 52.3 Å². The second-order valence-corrected chi connectivity index (χ2v) is 5.82. The number of anilines is 1. The topological polar surface area (TPSA) is 88.3 Å². The molecule has 0 fully saturated rings. The monoisotopic (exact) mass is 378 g/mol. The number of aromatic amines is 1. The van der Waals surface area contributed by atoms with Gasteiger partial charge in [-0.05, 0) is 38.1 Å². The largest absolute Gasteiger partial charge is 0.448 e. The molecule has 2 N–H and O–H groups in total. The third kappa shape index (κ3) is 4.53. The lowest BCUT2D eigenvalue weighted by molar-refractivity contribution is -0.123. The number of aromatic nitrogens is 1. The number of hydrogen-bond acceptors (Lipinski definition) is 4. The van der Waals surface area contributed by atoms with Gasteiger partial charge in [0.15, 0.2) is 11.9 Å². The summed E-state index contributed by atoms with van der Waals surface area (Å²) in [5.41, 5.74) is 1.09. The number of esters is 1. The number of nitrogens with one attached hydrogen (secondary N) is 2. The molecule has 0 aliphatic rings. The van der Waals surface area contributed by atoms with Gasteiger partial charge in [-0.25, -0.2) is 4.79 Å². The first kappa shape index (κ1) is 17.0. The van der Waals surface area contributed by atoms with Crippen LogP contribution in [0.25, 0.3) is 0 Å². The first-order valence-corrected chi connectivity index (χ1v) is 7.63. The van der Waals surface area contributed by atoms with Crippen molar-refractivity contribution in [1.29, 1.82) is 0 Å². The molecule has 1 aromatic carbocycles. The van der Waals surface area contributed by atoms with Crippen molar-refractivity contribution < 1.29 is 19.1 Å². The minimum atomic E-state index is -0.981. The van der Waals surface area contributed by atoms with Crippen LogP contribution in [0.2, 0.25) is 0 Å². The first-order chi connectivity index (χ1) is 10.9. The Morgan fingerprint density at radius 3 is 2.61 bits per heavy atom. The summed E-state index contributed by atoms with van der Waals surface area (Å²) in [6.45, 7) is 2.87. The Morgan fingerprint density at radius 1 is 1.26 bits per heavy atom. The predicted molar refractivity (Wildman–Crippen MR) is 88.4 cm³/mol. The lowest BCUT2D eigenvalue weighted by Crippen LogP contribution is -2.30. The molecule has 2 rings (SSSR count). The lowest BCUT2D eigenvalue weighted by atomic mass is 10.2. The Balaban J connectivity index is 1.97. The van der Waals surface area contributed by atoms with Crippen LogP contribution < -0.4 is 5.32 Å². The van der Waals surface area contributed by atoms with E-state index < -0.39 is 18.0 Å². The van der Waals surface area contributed by atoms with Crippen LogP contribution in [-0.2, 0) is 9.53 Å². The second kappa shape index (κ2) is 7.23. The van der Waals surface area contributed by atoms with Crippen LogP contribution in [0.5, 0.6) is 0 Å². The first-order valence-electron chi connectivity index (χ1n) is 6.83. The van der Waals surface area contributed by atoms with E-state index >= 15 is 0 Å². The number of benzene rings is 1. The van der Waals surface area contributed by atoms with Crippen LogP contribution >= 0.6 is 15.9 Å². The molecule has 0 bridgehead atoms. The summed E-state index contributed by atoms with van der Waals surface area (Å²) < 4.78 is 5.91. The maximum absolute atomic E-state index is 12.0. The SMILES string of the molecule is CC(=O)c1c[nH]c(C(=O)O[C@H](C)C(=O)Nc2cccc(Br)c2)c1. The molecule has 0 saturated carbocycles. The second-order valence-electron chi connectivity index (χ2n) is 4.91. The minimum Gasteiger partial charge on any atom is -0.448 e. The summed E-state index contributed by atoms with van der Waals surface area (Å²) in [4.78, 5) is 37.8. The van der Waals surface area contributed by atoms with Crippen molar-refractivity contribution in [3.63, 3.8) is 0 Å². The summed E-state index contributed by atoms with van der Waals surface area (Å²) in [6.07, 6.45) is 0.441. The van der Waals surface area contributed by atoms with E-state index in [1.54, 1.807) is 18.2 Å². The van der Waals surface area contributed by atoms with Gasteiger partial charge in [-0.1, -0.05) is 22.0 Å². The zero-order chi connectivity index (χ0) is 17.0. The van der Waals surface area contributed by atoms with Crippen molar-refractivity contribution in [1.82, 2.24) is 4.98 Å². The Labute approximate surface area is 141 Å². The van der Waals surface area contributed by atoms with Crippen LogP contribution in [0, 0.1) is 0 Å². The van der Waals surface area contributed by atoms with Gasteiger partial charge < -0.3 is 15.0 Å². The maximum atomic E-state index is 12.0. The quantitative estimate of drug-likeness (QED) is 0.617. The Kier molecular flexibility index (Phi) is 5.33. The van der Waals surface area contributed by atoms with E-state index in [0.29, 0.717) is 11.3 Å². The Hall–Kier alpha value is -2.41. The van der Waals surface area contributed by atoms with Crippen molar-refractivity contribution in [3.8, 4) is 0 Å². The van der Waals surface area contributed by atoms with Crippen LogP contribution in [0.3, 0.4) is 0 Å². The number of Topliss-reactive ketones (excluding diaryl/α,β-unsaturated/α-hetero) is 1. The highest BCUT2D eigenvalue weighted by Gasteiger charge is 2.20. The molecule has 6 nitrogen and oxygen atoms in total. The number of hydrogen-bond donors (Lipinski definition) is 2. The van der Waals surface area contributed by atoms with Gasteiger partial charge in [0.05, 0.1) is 0 Å². The van der Waals surface area contributed by atoms with Gasteiger partial charge in [0.2, 0.25) is 0 Å². The molecule has 1 atom stereocenters. The molecule has 0 aliphatic carbocycles. The molecule has 23 heavy (non-hydrogen) atoms.